The highest BCUT2D eigenvalue weighted by Crippen LogP contribution is 2.26. The van der Waals surface area contributed by atoms with E-state index in [9.17, 15) is 4.79 Å². The largest absolute Gasteiger partial charge is 0.383 e. The van der Waals surface area contributed by atoms with Gasteiger partial charge in [-0.2, -0.15) is 0 Å². The molecule has 0 radical (unpaired) electrons. The van der Waals surface area contributed by atoms with Crippen molar-refractivity contribution in [3.8, 4) is 0 Å². The van der Waals surface area contributed by atoms with E-state index < -0.39 is 0 Å². The van der Waals surface area contributed by atoms with Gasteiger partial charge in [-0.15, -0.1) is 11.8 Å². The predicted octanol–water partition coefficient (Wildman–Crippen LogP) is 4.37. The number of nitrogens with one attached hydrogen (secondary N) is 1. The Kier molecular flexibility index (Phi) is 7.80. The van der Waals surface area contributed by atoms with Crippen molar-refractivity contribution in [1.29, 1.82) is 0 Å². The van der Waals surface area contributed by atoms with E-state index in [4.69, 9.17) is 5.73 Å². The summed E-state index contributed by atoms with van der Waals surface area (Å²) < 4.78 is 0. The Morgan fingerprint density at radius 2 is 1.85 bits per heavy atom. The quantitative estimate of drug-likeness (QED) is 0.390. The average molecular weight is 475 g/mol. The molecule has 0 spiro atoms. The van der Waals surface area contributed by atoms with Crippen LogP contribution in [0.3, 0.4) is 0 Å². The lowest BCUT2D eigenvalue weighted by Crippen LogP contribution is -2.41. The lowest BCUT2D eigenvalue weighted by molar-refractivity contribution is -0.125. The molecule has 0 atom stereocenters. The zero-order valence-electron chi connectivity index (χ0n) is 19.6. The third kappa shape index (κ3) is 5.94. The van der Waals surface area contributed by atoms with Gasteiger partial charge in [-0.1, -0.05) is 29.8 Å². The fraction of sp³-hybridized carbons (Fsp3) is 0.308. The van der Waals surface area contributed by atoms with E-state index in [0.717, 1.165) is 43.0 Å². The Morgan fingerprint density at radius 3 is 2.53 bits per heavy atom. The standard InChI is InChI=1S/C26H30N6OS/c1-18-3-7-21(8-4-18)28-16-23-24(27)30-17-31-25(23)32-13-11-20(12-14-32)26(33)29-15-19-5-9-22(34-2)10-6-19/h3-10,16-17,20H,11-15H2,1-2H3,(H,29,33)(H2,27,30,31). The van der Waals surface area contributed by atoms with Gasteiger partial charge in [0.2, 0.25) is 5.91 Å². The van der Waals surface area contributed by atoms with Crippen LogP contribution in [0, 0.1) is 12.8 Å². The van der Waals surface area contributed by atoms with Crippen molar-refractivity contribution in [2.75, 3.05) is 30.0 Å². The monoisotopic (exact) mass is 474 g/mol. The maximum Gasteiger partial charge on any atom is 0.223 e. The van der Waals surface area contributed by atoms with Gasteiger partial charge in [-0.25, -0.2) is 9.97 Å². The van der Waals surface area contributed by atoms with Crippen molar-refractivity contribution < 1.29 is 4.79 Å². The van der Waals surface area contributed by atoms with Gasteiger partial charge in [0.1, 0.15) is 18.0 Å². The minimum Gasteiger partial charge on any atom is -0.383 e. The van der Waals surface area contributed by atoms with E-state index in [1.807, 2.05) is 31.2 Å². The molecule has 1 amide bonds. The average Bonchev–Trinajstić information content (AvgIpc) is 2.88. The maximum atomic E-state index is 12.7. The summed E-state index contributed by atoms with van der Waals surface area (Å²) >= 11 is 1.71. The minimum absolute atomic E-state index is 0.00872. The van der Waals surface area contributed by atoms with Crippen LogP contribution in [0.25, 0.3) is 0 Å². The number of hydrogen-bond acceptors (Lipinski definition) is 7. The smallest absolute Gasteiger partial charge is 0.223 e. The molecule has 3 N–H and O–H groups in total. The third-order valence-corrected chi connectivity index (χ3v) is 6.81. The summed E-state index contributed by atoms with van der Waals surface area (Å²) in [5, 5.41) is 3.09. The van der Waals surface area contributed by atoms with E-state index >= 15 is 0 Å². The van der Waals surface area contributed by atoms with Crippen molar-refractivity contribution in [3.05, 3.63) is 71.5 Å². The van der Waals surface area contributed by atoms with Gasteiger partial charge in [0.15, 0.2) is 0 Å². The van der Waals surface area contributed by atoms with Gasteiger partial charge in [-0.3, -0.25) is 9.79 Å². The van der Waals surface area contributed by atoms with Gasteiger partial charge in [0, 0.05) is 36.7 Å². The molecule has 0 unspecified atom stereocenters. The lowest BCUT2D eigenvalue weighted by atomic mass is 9.95. The number of nitrogen functional groups attached to an aromatic ring is 1. The first-order chi connectivity index (χ1) is 16.5. The van der Waals surface area contributed by atoms with Crippen molar-refractivity contribution >= 4 is 41.2 Å². The van der Waals surface area contributed by atoms with Gasteiger partial charge >= 0.3 is 0 Å². The van der Waals surface area contributed by atoms with Crippen LogP contribution in [-0.4, -0.2) is 41.4 Å². The van der Waals surface area contributed by atoms with Gasteiger partial charge < -0.3 is 16.0 Å². The maximum absolute atomic E-state index is 12.7. The van der Waals surface area contributed by atoms with Gasteiger partial charge in [0.05, 0.1) is 11.3 Å². The fourth-order valence-electron chi connectivity index (χ4n) is 3.98. The Morgan fingerprint density at radius 1 is 1.15 bits per heavy atom. The summed E-state index contributed by atoms with van der Waals surface area (Å²) in [5.74, 6) is 1.26. The molecule has 2 heterocycles. The predicted molar refractivity (Wildman–Crippen MR) is 140 cm³/mol. The molecule has 1 saturated heterocycles. The van der Waals surface area contributed by atoms with E-state index in [1.165, 1.54) is 16.8 Å². The van der Waals surface area contributed by atoms with E-state index in [-0.39, 0.29) is 11.8 Å². The molecule has 3 aromatic rings. The topological polar surface area (TPSA) is 96.5 Å². The normalized spacial score (nSPS) is 14.5. The number of nitrogens with zero attached hydrogens (tertiary/aromatic N) is 4. The van der Waals surface area contributed by atoms with E-state index in [1.54, 1.807) is 18.0 Å². The summed E-state index contributed by atoms with van der Waals surface area (Å²) in [5.41, 5.74) is 10.0. The molecule has 8 heteroatoms. The minimum atomic E-state index is -0.00872. The van der Waals surface area contributed by atoms with Crippen molar-refractivity contribution in [2.45, 2.75) is 31.2 Å². The van der Waals surface area contributed by atoms with E-state index in [0.29, 0.717) is 17.9 Å². The Labute approximate surface area is 204 Å². The van der Waals surface area contributed by atoms with Crippen LogP contribution >= 0.6 is 11.8 Å². The lowest BCUT2D eigenvalue weighted by Gasteiger charge is -2.33. The van der Waals surface area contributed by atoms with Crippen LogP contribution in [0.15, 0.2) is 64.7 Å². The number of aryl methyl sites for hydroxylation is 1. The number of amides is 1. The molecular weight excluding hydrogens is 444 g/mol. The Bertz CT molecular complexity index is 1140. The van der Waals surface area contributed by atoms with Crippen molar-refractivity contribution in [2.24, 2.45) is 10.9 Å². The fourth-order valence-corrected chi connectivity index (χ4v) is 4.38. The highest BCUT2D eigenvalue weighted by molar-refractivity contribution is 7.98. The number of hydrogen-bond donors (Lipinski definition) is 2. The molecule has 0 bridgehead atoms. The highest BCUT2D eigenvalue weighted by Gasteiger charge is 2.27. The van der Waals surface area contributed by atoms with Crippen molar-refractivity contribution in [3.63, 3.8) is 0 Å². The number of carbonyl (C=O) groups excluding carboxylic acids is 1. The molecular formula is C26H30N6OS. The Balaban J connectivity index is 1.36. The second-order valence-electron chi connectivity index (χ2n) is 8.42. The summed E-state index contributed by atoms with van der Waals surface area (Å²) in [6, 6.07) is 16.3. The van der Waals surface area contributed by atoms with Gasteiger partial charge in [0.25, 0.3) is 0 Å². The van der Waals surface area contributed by atoms with Crippen LogP contribution in [-0.2, 0) is 11.3 Å². The van der Waals surface area contributed by atoms with Crippen LogP contribution in [0.5, 0.6) is 0 Å². The molecule has 0 saturated carbocycles. The van der Waals surface area contributed by atoms with Crippen molar-refractivity contribution in [1.82, 2.24) is 15.3 Å². The third-order valence-electron chi connectivity index (χ3n) is 6.06. The molecule has 1 aromatic heterocycles. The van der Waals surface area contributed by atoms with Crippen LogP contribution in [0.2, 0.25) is 0 Å². The first kappa shape index (κ1) is 23.8. The van der Waals surface area contributed by atoms with Crippen LogP contribution in [0.1, 0.15) is 29.5 Å². The first-order valence-electron chi connectivity index (χ1n) is 11.4. The number of aliphatic imine (C=N–C) groups is 1. The molecule has 176 valence electrons. The number of thioether (sulfide) groups is 1. The van der Waals surface area contributed by atoms with Crippen LogP contribution < -0.4 is 16.0 Å². The molecule has 34 heavy (non-hydrogen) atoms. The number of anilines is 2. The second-order valence-corrected chi connectivity index (χ2v) is 9.30. The molecule has 0 aliphatic carbocycles. The Hall–Kier alpha value is -3.39. The van der Waals surface area contributed by atoms with E-state index in [2.05, 4.69) is 55.7 Å². The van der Waals surface area contributed by atoms with Crippen LogP contribution in [0.4, 0.5) is 17.3 Å². The molecule has 2 aromatic carbocycles. The van der Waals surface area contributed by atoms with Gasteiger partial charge in [-0.05, 0) is 55.9 Å². The summed E-state index contributed by atoms with van der Waals surface area (Å²) in [6.45, 7) is 4.04. The SMILES string of the molecule is CSc1ccc(CNC(=O)C2CCN(c3ncnc(N)c3C=Nc3ccc(C)cc3)CC2)cc1. The molecule has 1 aliphatic rings. The number of aromatic nitrogens is 2. The first-order valence-corrected chi connectivity index (χ1v) is 12.6. The number of rotatable bonds is 7. The summed E-state index contributed by atoms with van der Waals surface area (Å²) in [7, 11) is 0. The molecule has 1 aliphatic heterocycles. The number of carbonyl (C=O) groups is 1. The number of nitrogens with two attached hydrogens (primary N) is 1. The molecule has 1 fully saturated rings. The molecule has 7 nitrogen and oxygen atoms in total. The summed E-state index contributed by atoms with van der Waals surface area (Å²) in [6.07, 6.45) is 6.79. The zero-order valence-corrected chi connectivity index (χ0v) is 20.4. The summed E-state index contributed by atoms with van der Waals surface area (Å²) in [4.78, 5) is 29.3. The number of benzene rings is 2. The number of piperidine rings is 1. The second kappa shape index (κ2) is 11.2. The highest BCUT2D eigenvalue weighted by atomic mass is 32.2. The molecule has 4 rings (SSSR count). The zero-order chi connectivity index (χ0) is 23.9.